The lowest BCUT2D eigenvalue weighted by atomic mass is 9.76. The van der Waals surface area contributed by atoms with Gasteiger partial charge in [-0.25, -0.2) is 0 Å². The first-order valence-corrected chi connectivity index (χ1v) is 12.2. The smallest absolute Gasteiger partial charge is 0.132 e. The number of hydrogen-bond donors (Lipinski definition) is 0. The van der Waals surface area contributed by atoms with Crippen LogP contribution < -0.4 is 4.74 Å². The van der Waals surface area contributed by atoms with Crippen LogP contribution in [0.1, 0.15) is 44.9 Å². The van der Waals surface area contributed by atoms with Crippen LogP contribution >= 0.6 is 0 Å². The number of benzene rings is 5. The van der Waals surface area contributed by atoms with Crippen molar-refractivity contribution in [3.05, 3.63) is 137 Å². The van der Waals surface area contributed by atoms with E-state index in [1.165, 1.54) is 60.5 Å². The first-order chi connectivity index (χ1) is 17.0. The average molecular weight is 453 g/mol. The van der Waals surface area contributed by atoms with Crippen molar-refractivity contribution in [1.82, 2.24) is 0 Å². The van der Waals surface area contributed by atoms with E-state index in [2.05, 4.69) is 112 Å². The quantitative estimate of drug-likeness (QED) is 0.243. The Morgan fingerprint density at radius 3 is 1.86 bits per heavy atom. The summed E-state index contributed by atoms with van der Waals surface area (Å²) in [6.07, 6.45) is 6.08. The van der Waals surface area contributed by atoms with Crippen LogP contribution in [-0.4, -0.2) is 0 Å². The summed E-state index contributed by atoms with van der Waals surface area (Å²) in [5, 5.41) is 4.98. The molecule has 1 aliphatic heterocycles. The largest absolute Gasteiger partial charge is 0.457 e. The Morgan fingerprint density at radius 2 is 1.29 bits per heavy atom. The molecule has 0 atom stereocenters. The molecule has 0 amide bonds. The van der Waals surface area contributed by atoms with Crippen molar-refractivity contribution >= 4 is 27.6 Å². The van der Waals surface area contributed by atoms with Gasteiger partial charge < -0.3 is 4.74 Å². The Balaban J connectivity index is 1.79. The molecule has 0 bridgehead atoms. The fraction of sp³-hybridized carbons (Fsp3) is 0.118. The van der Waals surface area contributed by atoms with Gasteiger partial charge >= 0.3 is 0 Å². The molecule has 1 nitrogen and oxygen atoms in total. The van der Waals surface area contributed by atoms with Crippen molar-refractivity contribution in [2.24, 2.45) is 0 Å². The first kappa shape index (κ1) is 21.4. The number of fused-ring (bicyclic) bond motifs is 6. The van der Waals surface area contributed by atoms with Crippen molar-refractivity contribution in [3.8, 4) is 11.5 Å². The zero-order valence-electron chi connectivity index (χ0n) is 20.4. The van der Waals surface area contributed by atoms with Gasteiger partial charge in [0.15, 0.2) is 0 Å². The van der Waals surface area contributed by atoms with E-state index < -0.39 is 0 Å². The highest BCUT2D eigenvalue weighted by Crippen LogP contribution is 2.53. The zero-order valence-corrected chi connectivity index (χ0v) is 20.4. The number of hydrogen-bond acceptors (Lipinski definition) is 1. The van der Waals surface area contributed by atoms with Gasteiger partial charge in [0, 0.05) is 17.0 Å². The Kier molecular flexibility index (Phi) is 5.07. The van der Waals surface area contributed by atoms with E-state index in [4.69, 9.17) is 4.74 Å². The monoisotopic (exact) mass is 452 g/mol. The molecule has 5 aromatic rings. The van der Waals surface area contributed by atoms with Crippen LogP contribution in [0.2, 0.25) is 0 Å². The molecule has 5 aromatic carbocycles. The predicted molar refractivity (Wildman–Crippen MR) is 149 cm³/mol. The third kappa shape index (κ3) is 3.47. The van der Waals surface area contributed by atoms with E-state index in [-0.39, 0.29) is 5.92 Å². The Bertz CT molecular complexity index is 1580. The maximum atomic E-state index is 6.64. The van der Waals surface area contributed by atoms with Gasteiger partial charge in [0.2, 0.25) is 0 Å². The topological polar surface area (TPSA) is 9.23 Å². The lowest BCUT2D eigenvalue weighted by molar-refractivity contribution is 0.456. The van der Waals surface area contributed by atoms with E-state index in [9.17, 15) is 0 Å². The van der Waals surface area contributed by atoms with Gasteiger partial charge in [-0.05, 0) is 71.1 Å². The number of ether oxygens (including phenoxy) is 1. The molecule has 0 N–H and O–H groups in total. The molecule has 35 heavy (non-hydrogen) atoms. The van der Waals surface area contributed by atoms with E-state index >= 15 is 0 Å². The molecule has 0 spiro atoms. The normalized spacial score (nSPS) is 13.1. The van der Waals surface area contributed by atoms with E-state index in [0.29, 0.717) is 0 Å². The Hall–Kier alpha value is -4.10. The summed E-state index contributed by atoms with van der Waals surface area (Å²) in [5.74, 6) is 1.91. The summed E-state index contributed by atoms with van der Waals surface area (Å²) in [6, 6.07) is 28.7. The van der Waals surface area contributed by atoms with Crippen LogP contribution in [0.5, 0.6) is 11.5 Å². The fourth-order valence-corrected chi connectivity index (χ4v) is 5.57. The van der Waals surface area contributed by atoms with Crippen molar-refractivity contribution in [2.75, 3.05) is 0 Å². The molecule has 1 heteroatoms. The van der Waals surface area contributed by atoms with Gasteiger partial charge in [0.1, 0.15) is 11.5 Å². The molecule has 1 heterocycles. The van der Waals surface area contributed by atoms with Gasteiger partial charge in [-0.3, -0.25) is 0 Å². The molecule has 0 radical (unpaired) electrons. The Labute approximate surface area is 207 Å². The average Bonchev–Trinajstić information content (AvgIpc) is 2.86. The summed E-state index contributed by atoms with van der Waals surface area (Å²) in [7, 11) is 0. The summed E-state index contributed by atoms with van der Waals surface area (Å²) in [6.45, 7) is 10.4. The summed E-state index contributed by atoms with van der Waals surface area (Å²) < 4.78 is 6.64. The third-order valence-corrected chi connectivity index (χ3v) is 7.22. The van der Waals surface area contributed by atoms with Crippen LogP contribution in [0.4, 0.5) is 0 Å². The second-order valence-corrected chi connectivity index (χ2v) is 9.61. The lowest BCUT2D eigenvalue weighted by Gasteiger charge is -2.32. The molecule has 1 aliphatic rings. The first-order valence-electron chi connectivity index (χ1n) is 12.2. The molecule has 0 unspecified atom stereocenters. The van der Waals surface area contributed by atoms with Crippen molar-refractivity contribution in [3.63, 3.8) is 0 Å². The molecule has 170 valence electrons. The van der Waals surface area contributed by atoms with E-state index in [1.54, 1.807) is 0 Å². The molecule has 0 aliphatic carbocycles. The highest BCUT2D eigenvalue weighted by molar-refractivity contribution is 5.96. The van der Waals surface area contributed by atoms with Crippen molar-refractivity contribution < 1.29 is 4.74 Å². The highest BCUT2D eigenvalue weighted by Gasteiger charge is 2.33. The number of rotatable bonds is 3. The summed E-state index contributed by atoms with van der Waals surface area (Å²) in [5.41, 5.74) is 8.77. The zero-order chi connectivity index (χ0) is 24.1. The third-order valence-electron chi connectivity index (χ3n) is 7.22. The summed E-state index contributed by atoms with van der Waals surface area (Å²) >= 11 is 0. The SMILES string of the molecule is C=C/C=C\c1c(C)cccc1C1c2c(ccc3ccc(C)cc23)Oc2ccc3ccc(C)cc3c21. The molecule has 0 aromatic heterocycles. The number of aryl methyl sites for hydroxylation is 3. The maximum absolute atomic E-state index is 6.64. The van der Waals surface area contributed by atoms with E-state index in [0.717, 1.165) is 11.5 Å². The van der Waals surface area contributed by atoms with Crippen LogP contribution in [0.15, 0.2) is 97.6 Å². The van der Waals surface area contributed by atoms with Gasteiger partial charge in [-0.1, -0.05) is 103 Å². The minimum absolute atomic E-state index is 0.0362. The van der Waals surface area contributed by atoms with Crippen molar-refractivity contribution in [1.29, 1.82) is 0 Å². The van der Waals surface area contributed by atoms with Gasteiger partial charge in [-0.2, -0.15) is 0 Å². The van der Waals surface area contributed by atoms with Crippen molar-refractivity contribution in [2.45, 2.75) is 26.7 Å². The minimum atomic E-state index is 0.0362. The van der Waals surface area contributed by atoms with Gasteiger partial charge in [0.25, 0.3) is 0 Å². The second kappa shape index (κ2) is 8.29. The summed E-state index contributed by atoms with van der Waals surface area (Å²) in [4.78, 5) is 0. The standard InChI is InChI=1S/C34H28O/c1-5-6-9-26-23(4)8-7-10-27(26)34-32-28-19-21(2)11-13-24(28)15-17-30(32)35-31-18-16-25-14-12-22(3)20-29(25)33(31)34/h5-20,34H,1H2,2-4H3/b9-6-. The highest BCUT2D eigenvalue weighted by atomic mass is 16.5. The second-order valence-electron chi connectivity index (χ2n) is 9.61. The Morgan fingerprint density at radius 1 is 0.714 bits per heavy atom. The maximum Gasteiger partial charge on any atom is 0.132 e. The van der Waals surface area contributed by atoms with Crippen LogP contribution in [0, 0.1) is 20.8 Å². The van der Waals surface area contributed by atoms with Crippen LogP contribution in [0.3, 0.4) is 0 Å². The molecular weight excluding hydrogens is 424 g/mol. The predicted octanol–water partition coefficient (Wildman–Crippen LogP) is 9.40. The van der Waals surface area contributed by atoms with Crippen LogP contribution in [-0.2, 0) is 0 Å². The van der Waals surface area contributed by atoms with Gasteiger partial charge in [0.05, 0.1) is 0 Å². The molecule has 6 rings (SSSR count). The van der Waals surface area contributed by atoms with Gasteiger partial charge in [-0.15, -0.1) is 0 Å². The molecule has 0 fully saturated rings. The van der Waals surface area contributed by atoms with E-state index in [1.807, 2.05) is 12.2 Å². The fourth-order valence-electron chi connectivity index (χ4n) is 5.57. The van der Waals surface area contributed by atoms with Crippen LogP contribution in [0.25, 0.3) is 27.6 Å². The molecule has 0 saturated heterocycles. The lowest BCUT2D eigenvalue weighted by Crippen LogP contribution is -2.14. The number of allylic oxidation sites excluding steroid dienone is 2. The molecule has 0 saturated carbocycles. The minimum Gasteiger partial charge on any atom is -0.457 e. The molecular formula is C34H28O.